The maximum absolute atomic E-state index is 12.2. The van der Waals surface area contributed by atoms with Gasteiger partial charge in [0, 0.05) is 11.8 Å². The molecule has 0 spiro atoms. The van der Waals surface area contributed by atoms with Crippen LogP contribution in [-0.4, -0.2) is 40.6 Å². The molecule has 1 heterocycles. The molecule has 0 aliphatic heterocycles. The zero-order valence-corrected chi connectivity index (χ0v) is 14.9. The highest BCUT2D eigenvalue weighted by molar-refractivity contribution is 5.95. The molecule has 138 valence electrons. The van der Waals surface area contributed by atoms with Crippen molar-refractivity contribution in [3.8, 4) is 11.4 Å². The number of anilines is 1. The highest BCUT2D eigenvalue weighted by Gasteiger charge is 2.19. The third-order valence-corrected chi connectivity index (χ3v) is 3.65. The average molecular weight is 366 g/mol. The number of para-hydroxylation sites is 1. The number of rotatable bonds is 6. The van der Waals surface area contributed by atoms with Gasteiger partial charge >= 0.3 is 5.97 Å². The molecule has 1 N–H and O–H groups in total. The first-order chi connectivity index (χ1) is 13.1. The van der Waals surface area contributed by atoms with Crippen LogP contribution in [0.15, 0.2) is 54.6 Å². The van der Waals surface area contributed by atoms with Gasteiger partial charge in [-0.25, -0.2) is 4.79 Å². The Balaban J connectivity index is 1.60. The molecule has 1 amide bonds. The lowest BCUT2D eigenvalue weighted by Gasteiger charge is -2.07. The van der Waals surface area contributed by atoms with Gasteiger partial charge in [-0.05, 0) is 31.2 Å². The van der Waals surface area contributed by atoms with Crippen molar-refractivity contribution in [3.63, 3.8) is 0 Å². The summed E-state index contributed by atoms with van der Waals surface area (Å²) in [4.78, 5) is 25.6. The Hall–Kier alpha value is -3.68. The lowest BCUT2D eigenvalue weighted by molar-refractivity contribution is -0.119. The molecular formula is C19H18N4O4. The summed E-state index contributed by atoms with van der Waals surface area (Å²) in [6, 6.07) is 16.1. The molecule has 0 radical (unpaired) electrons. The van der Waals surface area contributed by atoms with E-state index in [0.29, 0.717) is 17.1 Å². The number of nitrogens with zero attached hydrogens (tertiary/aromatic N) is 3. The summed E-state index contributed by atoms with van der Waals surface area (Å²) in [6.07, 6.45) is 0. The number of carbonyl (C=O) groups is 2. The fraction of sp³-hybridized carbons (Fsp3) is 0.158. The van der Waals surface area contributed by atoms with Crippen LogP contribution in [0.4, 0.5) is 5.69 Å². The topological polar surface area (TPSA) is 95.3 Å². The van der Waals surface area contributed by atoms with Crippen LogP contribution >= 0.6 is 0 Å². The number of hydrogen-bond acceptors (Lipinski definition) is 6. The molecule has 0 bridgehead atoms. The highest BCUT2D eigenvalue weighted by atomic mass is 16.5. The van der Waals surface area contributed by atoms with Gasteiger partial charge in [-0.15, -0.1) is 5.10 Å². The third-order valence-electron chi connectivity index (χ3n) is 3.65. The molecule has 1 aromatic heterocycles. The van der Waals surface area contributed by atoms with Crippen LogP contribution in [0.3, 0.4) is 0 Å². The van der Waals surface area contributed by atoms with Crippen molar-refractivity contribution in [1.82, 2.24) is 15.0 Å². The molecule has 0 aliphatic rings. The molecule has 0 unspecified atom stereocenters. The summed E-state index contributed by atoms with van der Waals surface area (Å²) in [5, 5.41) is 11.0. The molecule has 0 saturated carbocycles. The minimum atomic E-state index is -0.713. The van der Waals surface area contributed by atoms with Crippen molar-refractivity contribution in [2.45, 2.75) is 6.92 Å². The second-order valence-electron chi connectivity index (χ2n) is 5.62. The van der Waals surface area contributed by atoms with Crippen LogP contribution in [0.25, 0.3) is 5.69 Å². The van der Waals surface area contributed by atoms with Crippen LogP contribution in [-0.2, 0) is 9.53 Å². The molecule has 8 nitrogen and oxygen atoms in total. The van der Waals surface area contributed by atoms with E-state index in [4.69, 9.17) is 9.47 Å². The van der Waals surface area contributed by atoms with E-state index in [1.54, 1.807) is 31.2 Å². The highest BCUT2D eigenvalue weighted by Crippen LogP contribution is 2.16. The Kier molecular flexibility index (Phi) is 5.46. The van der Waals surface area contributed by atoms with Gasteiger partial charge in [-0.2, -0.15) is 9.90 Å². The first kappa shape index (κ1) is 18.1. The normalized spacial score (nSPS) is 10.3. The molecule has 0 atom stereocenters. The van der Waals surface area contributed by atoms with Crippen molar-refractivity contribution >= 4 is 17.6 Å². The molecule has 27 heavy (non-hydrogen) atoms. The van der Waals surface area contributed by atoms with Gasteiger partial charge < -0.3 is 14.8 Å². The van der Waals surface area contributed by atoms with E-state index in [-0.39, 0.29) is 5.69 Å². The SMILES string of the molecule is COc1cccc(NC(=O)COC(=O)c2nn(-c3ccccc3)nc2C)c1. The molecule has 0 fully saturated rings. The average Bonchev–Trinajstić information content (AvgIpc) is 3.09. The predicted molar refractivity (Wildman–Crippen MR) is 98.0 cm³/mol. The van der Waals surface area contributed by atoms with Crippen molar-refractivity contribution < 1.29 is 19.1 Å². The molecule has 0 saturated heterocycles. The molecule has 2 aromatic carbocycles. The summed E-state index contributed by atoms with van der Waals surface area (Å²) >= 11 is 0. The first-order valence-corrected chi connectivity index (χ1v) is 8.17. The van der Waals surface area contributed by atoms with Crippen LogP contribution in [0, 0.1) is 6.92 Å². The number of carbonyl (C=O) groups excluding carboxylic acids is 2. The van der Waals surface area contributed by atoms with Crippen LogP contribution < -0.4 is 10.1 Å². The van der Waals surface area contributed by atoms with Crippen LogP contribution in [0.5, 0.6) is 5.75 Å². The quantitative estimate of drug-likeness (QED) is 0.673. The monoisotopic (exact) mass is 366 g/mol. The third kappa shape index (κ3) is 4.49. The summed E-state index contributed by atoms with van der Waals surface area (Å²) in [5.74, 6) is -0.571. The smallest absolute Gasteiger partial charge is 0.361 e. The predicted octanol–water partition coefficient (Wildman–Crippen LogP) is 2.38. The standard InChI is InChI=1S/C19H18N4O4/c1-13-18(22-23(21-13)15-8-4-3-5-9-15)19(25)27-12-17(24)20-14-7-6-10-16(11-14)26-2/h3-11H,12H2,1-2H3,(H,20,24). The fourth-order valence-corrected chi connectivity index (χ4v) is 2.34. The maximum Gasteiger partial charge on any atom is 0.361 e. The number of ether oxygens (including phenoxy) is 2. The largest absolute Gasteiger partial charge is 0.497 e. The van der Waals surface area contributed by atoms with Gasteiger partial charge in [-0.3, -0.25) is 4.79 Å². The summed E-state index contributed by atoms with van der Waals surface area (Å²) in [5.41, 5.74) is 1.74. The fourth-order valence-electron chi connectivity index (χ4n) is 2.34. The first-order valence-electron chi connectivity index (χ1n) is 8.17. The number of nitrogens with one attached hydrogen (secondary N) is 1. The van der Waals surface area contributed by atoms with Gasteiger partial charge in [0.25, 0.3) is 5.91 Å². The number of aryl methyl sites for hydroxylation is 1. The van der Waals surface area contributed by atoms with E-state index in [2.05, 4.69) is 15.5 Å². The molecule has 3 aromatic rings. The molecular weight excluding hydrogens is 348 g/mol. The minimum Gasteiger partial charge on any atom is -0.497 e. The summed E-state index contributed by atoms with van der Waals surface area (Å²) in [6.45, 7) is 1.22. The number of aromatic nitrogens is 3. The Morgan fingerprint density at radius 2 is 1.85 bits per heavy atom. The molecule has 0 aliphatic carbocycles. The Morgan fingerprint density at radius 3 is 2.59 bits per heavy atom. The lowest BCUT2D eigenvalue weighted by Crippen LogP contribution is -2.21. The van der Waals surface area contributed by atoms with Gasteiger partial charge in [0.2, 0.25) is 0 Å². The van der Waals surface area contributed by atoms with E-state index in [0.717, 1.165) is 5.69 Å². The Bertz CT molecular complexity index is 953. The summed E-state index contributed by atoms with van der Waals surface area (Å²) in [7, 11) is 1.54. The van der Waals surface area contributed by atoms with Gasteiger partial charge in [-0.1, -0.05) is 24.3 Å². The minimum absolute atomic E-state index is 0.0630. The van der Waals surface area contributed by atoms with Crippen molar-refractivity contribution in [2.75, 3.05) is 19.0 Å². The summed E-state index contributed by atoms with van der Waals surface area (Å²) < 4.78 is 10.1. The van der Waals surface area contributed by atoms with Crippen LogP contribution in [0.1, 0.15) is 16.2 Å². The second-order valence-corrected chi connectivity index (χ2v) is 5.62. The lowest BCUT2D eigenvalue weighted by atomic mass is 10.3. The number of benzene rings is 2. The second kappa shape index (κ2) is 8.13. The molecule has 3 rings (SSSR count). The Labute approximate surface area is 155 Å². The Morgan fingerprint density at radius 1 is 1.07 bits per heavy atom. The zero-order chi connectivity index (χ0) is 19.2. The zero-order valence-electron chi connectivity index (χ0n) is 14.9. The number of methoxy groups -OCH3 is 1. The van der Waals surface area contributed by atoms with E-state index in [9.17, 15) is 9.59 Å². The van der Waals surface area contributed by atoms with Gasteiger partial charge in [0.15, 0.2) is 12.3 Å². The van der Waals surface area contributed by atoms with E-state index >= 15 is 0 Å². The van der Waals surface area contributed by atoms with Gasteiger partial charge in [0.05, 0.1) is 18.5 Å². The molecule has 8 heteroatoms. The number of amides is 1. The van der Waals surface area contributed by atoms with Gasteiger partial charge in [0.1, 0.15) is 5.75 Å². The van der Waals surface area contributed by atoms with Crippen LogP contribution in [0.2, 0.25) is 0 Å². The van der Waals surface area contributed by atoms with Crippen molar-refractivity contribution in [1.29, 1.82) is 0 Å². The van der Waals surface area contributed by atoms with E-state index in [1.807, 2.05) is 30.3 Å². The van der Waals surface area contributed by atoms with E-state index in [1.165, 1.54) is 11.9 Å². The van der Waals surface area contributed by atoms with E-state index < -0.39 is 18.5 Å². The van der Waals surface area contributed by atoms with Crippen molar-refractivity contribution in [3.05, 3.63) is 66.0 Å². The number of esters is 1. The van der Waals surface area contributed by atoms with Crippen molar-refractivity contribution in [2.24, 2.45) is 0 Å². The number of hydrogen-bond donors (Lipinski definition) is 1. The maximum atomic E-state index is 12.2.